The highest BCUT2D eigenvalue weighted by Gasteiger charge is 2.32. The second-order valence-electron chi connectivity index (χ2n) is 7.97. The minimum atomic E-state index is -2.89. The van der Waals surface area contributed by atoms with Gasteiger partial charge in [-0.25, -0.2) is 0 Å². The lowest BCUT2D eigenvalue weighted by Crippen LogP contribution is -2.46. The van der Waals surface area contributed by atoms with E-state index in [0.717, 1.165) is 30.2 Å². The zero-order chi connectivity index (χ0) is 19.1. The summed E-state index contributed by atoms with van der Waals surface area (Å²) in [5, 5.41) is 5.42. The van der Waals surface area contributed by atoms with E-state index in [-0.39, 0.29) is 6.04 Å². The molecule has 1 saturated heterocycles. The molecule has 0 saturated carbocycles. The van der Waals surface area contributed by atoms with E-state index in [4.69, 9.17) is 0 Å². The summed E-state index contributed by atoms with van der Waals surface area (Å²) in [7, 11) is -2.89. The van der Waals surface area contributed by atoms with Crippen LogP contribution in [0.25, 0.3) is 0 Å². The molecule has 1 aliphatic heterocycles. The summed E-state index contributed by atoms with van der Waals surface area (Å²) in [4.78, 5) is 2.56. The molecular weight excluding hydrogens is 351 g/mol. The van der Waals surface area contributed by atoms with Crippen molar-refractivity contribution in [1.82, 2.24) is 9.99 Å². The van der Waals surface area contributed by atoms with Gasteiger partial charge in [-0.05, 0) is 56.1 Å². The number of nitrogens with one attached hydrogen (secondary N) is 1. The van der Waals surface area contributed by atoms with Gasteiger partial charge in [0, 0.05) is 23.2 Å². The summed E-state index contributed by atoms with van der Waals surface area (Å²) >= 11 is 0. The van der Waals surface area contributed by atoms with E-state index in [2.05, 4.69) is 23.8 Å². The molecule has 0 aromatic heterocycles. The number of hydrogen-bond acceptors (Lipinski definition) is 2. The van der Waals surface area contributed by atoms with Crippen LogP contribution in [0.4, 0.5) is 0 Å². The van der Waals surface area contributed by atoms with E-state index in [9.17, 15) is 4.57 Å². The predicted molar refractivity (Wildman–Crippen MR) is 116 cm³/mol. The van der Waals surface area contributed by atoms with Crippen molar-refractivity contribution >= 4 is 17.9 Å². The molecule has 0 aliphatic carbocycles. The lowest BCUT2D eigenvalue weighted by Gasteiger charge is -2.33. The van der Waals surface area contributed by atoms with E-state index >= 15 is 0 Å². The molecule has 1 aliphatic rings. The van der Waals surface area contributed by atoms with E-state index in [0.29, 0.717) is 5.92 Å². The molecule has 2 aromatic carbocycles. The topological polar surface area (TPSA) is 32.3 Å². The fraction of sp³-hybridized carbons (Fsp3) is 0.478. The predicted octanol–water partition coefficient (Wildman–Crippen LogP) is 4.41. The summed E-state index contributed by atoms with van der Waals surface area (Å²) in [5.41, 5.74) is 0. The molecule has 0 bridgehead atoms. The van der Waals surface area contributed by atoms with Crippen LogP contribution in [-0.2, 0) is 4.57 Å². The monoisotopic (exact) mass is 384 g/mol. The van der Waals surface area contributed by atoms with Gasteiger partial charge in [-0.2, -0.15) is 0 Å². The first-order valence-corrected chi connectivity index (χ1v) is 12.0. The summed E-state index contributed by atoms with van der Waals surface area (Å²) in [6.45, 7) is 7.74. The Morgan fingerprint density at radius 2 is 1.33 bits per heavy atom. The Balaban J connectivity index is 1.88. The normalized spacial score (nSPS) is 17.6. The molecule has 1 fully saturated rings. The lowest BCUT2D eigenvalue weighted by molar-refractivity contribution is 0.238. The summed E-state index contributed by atoms with van der Waals surface area (Å²) < 4.78 is 14.3. The number of rotatable bonds is 7. The molecule has 0 radical (unpaired) electrons. The summed E-state index contributed by atoms with van der Waals surface area (Å²) in [6, 6.07) is 20.0. The van der Waals surface area contributed by atoms with Crippen molar-refractivity contribution in [1.29, 1.82) is 0 Å². The molecule has 3 nitrogen and oxygen atoms in total. The summed E-state index contributed by atoms with van der Waals surface area (Å²) in [6.07, 6.45) is 5.23. The Morgan fingerprint density at radius 1 is 0.852 bits per heavy atom. The van der Waals surface area contributed by atoms with Gasteiger partial charge in [-0.3, -0.25) is 9.65 Å². The Hall–Kier alpha value is -1.41. The van der Waals surface area contributed by atoms with Crippen LogP contribution in [0, 0.1) is 5.92 Å². The maximum Gasteiger partial charge on any atom is 0.204 e. The van der Waals surface area contributed by atoms with Crippen molar-refractivity contribution in [3.63, 3.8) is 0 Å². The van der Waals surface area contributed by atoms with Crippen LogP contribution in [0.2, 0.25) is 0 Å². The van der Waals surface area contributed by atoms with Crippen LogP contribution in [0.15, 0.2) is 60.7 Å². The third-order valence-corrected chi connectivity index (χ3v) is 8.29. The second-order valence-corrected chi connectivity index (χ2v) is 10.5. The molecule has 0 spiro atoms. The first-order valence-electron chi connectivity index (χ1n) is 10.3. The molecule has 1 unspecified atom stereocenters. The van der Waals surface area contributed by atoms with Gasteiger partial charge >= 0.3 is 0 Å². The zero-order valence-corrected chi connectivity index (χ0v) is 17.6. The molecule has 0 amide bonds. The standard InChI is InChI=1S/C23H33N2OP/c1-20(2)23(19-25-17-11-3-4-12-18-25)24-27(26,21-13-7-5-8-14-21)22-15-9-6-10-16-22/h5-10,13-16,20,23H,3-4,11-12,17-19H2,1-2H3,(H,24,26). The van der Waals surface area contributed by atoms with Crippen molar-refractivity contribution in [2.75, 3.05) is 19.6 Å². The second kappa shape index (κ2) is 9.68. The number of nitrogens with zero attached hydrogens (tertiary/aromatic N) is 1. The molecule has 146 valence electrons. The van der Waals surface area contributed by atoms with Crippen LogP contribution in [-0.4, -0.2) is 30.6 Å². The Bertz CT molecular complexity index is 681. The van der Waals surface area contributed by atoms with E-state index in [1.54, 1.807) is 0 Å². The van der Waals surface area contributed by atoms with Crippen molar-refractivity contribution in [3.05, 3.63) is 60.7 Å². The van der Waals surface area contributed by atoms with Gasteiger partial charge in [0.05, 0.1) is 0 Å². The number of hydrogen-bond donors (Lipinski definition) is 1. The zero-order valence-electron chi connectivity index (χ0n) is 16.7. The summed E-state index contributed by atoms with van der Waals surface area (Å²) in [5.74, 6) is 0.411. The van der Waals surface area contributed by atoms with Crippen LogP contribution >= 0.6 is 7.29 Å². The van der Waals surface area contributed by atoms with Crippen molar-refractivity contribution in [3.8, 4) is 0 Å². The van der Waals surface area contributed by atoms with Crippen LogP contribution < -0.4 is 15.7 Å². The van der Waals surface area contributed by atoms with Gasteiger partial charge in [-0.15, -0.1) is 0 Å². The third kappa shape index (κ3) is 5.31. The van der Waals surface area contributed by atoms with E-state index in [1.165, 1.54) is 25.7 Å². The van der Waals surface area contributed by atoms with Crippen LogP contribution in [0.3, 0.4) is 0 Å². The first-order chi connectivity index (χ1) is 13.1. The van der Waals surface area contributed by atoms with Crippen molar-refractivity contribution in [2.45, 2.75) is 45.6 Å². The molecule has 1 N–H and O–H groups in total. The molecule has 27 heavy (non-hydrogen) atoms. The van der Waals surface area contributed by atoms with Gasteiger partial charge in [0.25, 0.3) is 0 Å². The Labute approximate surface area is 164 Å². The molecule has 1 heterocycles. The van der Waals surface area contributed by atoms with Crippen LogP contribution in [0.5, 0.6) is 0 Å². The number of likely N-dealkylation sites (tertiary alicyclic amines) is 1. The lowest BCUT2D eigenvalue weighted by atomic mass is 10.1. The van der Waals surface area contributed by atoms with Gasteiger partial charge < -0.3 is 4.90 Å². The molecule has 3 rings (SSSR count). The fourth-order valence-corrected chi connectivity index (χ4v) is 6.43. The number of benzene rings is 2. The van der Waals surface area contributed by atoms with Gasteiger partial charge in [0.2, 0.25) is 7.29 Å². The highest BCUT2D eigenvalue weighted by atomic mass is 31.2. The highest BCUT2D eigenvalue weighted by molar-refractivity contribution is 7.76. The minimum absolute atomic E-state index is 0.189. The SMILES string of the molecule is CC(C)C(CN1CCCCCC1)NP(=O)(c1ccccc1)c1ccccc1. The highest BCUT2D eigenvalue weighted by Crippen LogP contribution is 2.40. The quantitative estimate of drug-likeness (QED) is 0.718. The largest absolute Gasteiger partial charge is 0.302 e. The third-order valence-electron chi connectivity index (χ3n) is 5.55. The first kappa shape index (κ1) is 20.3. The molecule has 2 aromatic rings. The van der Waals surface area contributed by atoms with Gasteiger partial charge in [0.1, 0.15) is 0 Å². The minimum Gasteiger partial charge on any atom is -0.302 e. The van der Waals surface area contributed by atoms with Crippen molar-refractivity contribution < 1.29 is 4.57 Å². The Morgan fingerprint density at radius 3 is 1.78 bits per heavy atom. The average molecular weight is 385 g/mol. The van der Waals surface area contributed by atoms with Crippen LogP contribution in [0.1, 0.15) is 39.5 Å². The van der Waals surface area contributed by atoms with E-state index < -0.39 is 7.29 Å². The fourth-order valence-electron chi connectivity index (χ4n) is 3.81. The maximum atomic E-state index is 14.3. The average Bonchev–Trinajstić information content (AvgIpc) is 2.97. The smallest absolute Gasteiger partial charge is 0.204 e. The van der Waals surface area contributed by atoms with Gasteiger partial charge in [0.15, 0.2) is 0 Å². The molecule has 4 heteroatoms. The molecule has 1 atom stereocenters. The maximum absolute atomic E-state index is 14.3. The van der Waals surface area contributed by atoms with Gasteiger partial charge in [-0.1, -0.05) is 63.1 Å². The molecular formula is C23H33N2OP. The van der Waals surface area contributed by atoms with E-state index in [1.807, 2.05) is 60.7 Å². The Kier molecular flexibility index (Phi) is 7.29. The van der Waals surface area contributed by atoms with Crippen molar-refractivity contribution in [2.24, 2.45) is 5.92 Å².